The van der Waals surface area contributed by atoms with Crippen molar-refractivity contribution >= 4 is 29.3 Å². The predicted molar refractivity (Wildman–Crippen MR) is 115 cm³/mol. The number of rotatable bonds is 2. The van der Waals surface area contributed by atoms with Gasteiger partial charge in [-0.3, -0.25) is 0 Å². The molecule has 0 aromatic heterocycles. The monoisotopic (exact) mass is 416 g/mol. The number of halogens is 2. The molecule has 2 aliphatic heterocycles. The summed E-state index contributed by atoms with van der Waals surface area (Å²) in [6.07, 6.45) is 11.0. The number of likely N-dealkylation sites (tertiary alicyclic amines) is 2. The SMILES string of the molecule is C#Cc1c(F)ccc2cc(OC(=O)N3CCC(N4CCCCC4)CC3)ccc12.Cl. The fourth-order valence-corrected chi connectivity index (χ4v) is 4.35. The fraction of sp³-hybridized carbons (Fsp3) is 0.435. The van der Waals surface area contributed by atoms with Gasteiger partial charge in [-0.25, -0.2) is 9.18 Å². The average Bonchev–Trinajstić information content (AvgIpc) is 2.74. The van der Waals surface area contributed by atoms with Crippen LogP contribution < -0.4 is 4.74 Å². The van der Waals surface area contributed by atoms with Crippen molar-refractivity contribution in [3.8, 4) is 18.1 Å². The molecule has 0 bridgehead atoms. The lowest BCUT2D eigenvalue weighted by molar-refractivity contribution is 0.0878. The molecular weight excluding hydrogens is 391 g/mol. The molecule has 0 N–H and O–H groups in total. The second-order valence-corrected chi connectivity index (χ2v) is 7.63. The van der Waals surface area contributed by atoms with Gasteiger partial charge in [0.25, 0.3) is 0 Å². The van der Waals surface area contributed by atoms with Gasteiger partial charge < -0.3 is 14.5 Å². The van der Waals surface area contributed by atoms with Crippen LogP contribution >= 0.6 is 12.4 Å². The predicted octanol–water partition coefficient (Wildman–Crippen LogP) is 4.83. The Balaban J connectivity index is 0.00000240. The summed E-state index contributed by atoms with van der Waals surface area (Å²) in [4.78, 5) is 16.9. The van der Waals surface area contributed by atoms with Crippen molar-refractivity contribution < 1.29 is 13.9 Å². The minimum Gasteiger partial charge on any atom is -0.410 e. The lowest BCUT2D eigenvalue weighted by atomic mass is 10.0. The van der Waals surface area contributed by atoms with Gasteiger partial charge in [-0.05, 0) is 68.4 Å². The fourth-order valence-electron chi connectivity index (χ4n) is 4.35. The summed E-state index contributed by atoms with van der Waals surface area (Å²) < 4.78 is 19.4. The molecule has 2 saturated heterocycles. The smallest absolute Gasteiger partial charge is 0.410 e. The third-order valence-corrected chi connectivity index (χ3v) is 5.92. The van der Waals surface area contributed by atoms with E-state index in [4.69, 9.17) is 11.2 Å². The Hall–Kier alpha value is -2.29. The van der Waals surface area contributed by atoms with E-state index in [0.717, 1.165) is 31.3 Å². The van der Waals surface area contributed by atoms with Gasteiger partial charge in [0.1, 0.15) is 11.6 Å². The van der Waals surface area contributed by atoms with E-state index in [9.17, 15) is 9.18 Å². The first-order valence-corrected chi connectivity index (χ1v) is 10.1. The number of fused-ring (bicyclic) bond motifs is 1. The highest BCUT2D eigenvalue weighted by Gasteiger charge is 2.28. The van der Waals surface area contributed by atoms with E-state index in [2.05, 4.69) is 10.8 Å². The Morgan fingerprint density at radius 1 is 1.07 bits per heavy atom. The number of amides is 1. The molecule has 0 radical (unpaired) electrons. The number of terminal acetylenes is 1. The van der Waals surface area contributed by atoms with E-state index >= 15 is 0 Å². The molecule has 6 heteroatoms. The van der Waals surface area contributed by atoms with Gasteiger partial charge in [0.15, 0.2) is 0 Å². The van der Waals surface area contributed by atoms with Crippen molar-refractivity contribution in [1.82, 2.24) is 9.80 Å². The van der Waals surface area contributed by atoms with Crippen LogP contribution in [0.2, 0.25) is 0 Å². The molecule has 0 saturated carbocycles. The molecule has 4 nitrogen and oxygen atoms in total. The van der Waals surface area contributed by atoms with Gasteiger partial charge in [-0.15, -0.1) is 18.8 Å². The molecule has 2 aromatic rings. The minimum absolute atomic E-state index is 0. The third-order valence-electron chi connectivity index (χ3n) is 5.92. The van der Waals surface area contributed by atoms with Crippen molar-refractivity contribution in [3.05, 3.63) is 41.7 Å². The Morgan fingerprint density at radius 2 is 1.79 bits per heavy atom. The molecular formula is C23H26ClFN2O2. The molecule has 29 heavy (non-hydrogen) atoms. The van der Waals surface area contributed by atoms with Gasteiger partial charge in [-0.1, -0.05) is 18.4 Å². The molecule has 2 fully saturated rings. The van der Waals surface area contributed by atoms with E-state index < -0.39 is 5.82 Å². The maximum Gasteiger partial charge on any atom is 0.415 e. The quantitative estimate of drug-likeness (QED) is 0.657. The van der Waals surface area contributed by atoms with Crippen LogP contribution in [0, 0.1) is 18.2 Å². The molecule has 2 aliphatic rings. The highest BCUT2D eigenvalue weighted by Crippen LogP contribution is 2.26. The molecule has 2 aromatic carbocycles. The van der Waals surface area contributed by atoms with Crippen LogP contribution in [-0.2, 0) is 0 Å². The Bertz CT molecular complexity index is 913. The van der Waals surface area contributed by atoms with E-state index in [1.54, 1.807) is 29.2 Å². The number of nitrogens with zero attached hydrogens (tertiary/aromatic N) is 2. The normalized spacial score (nSPS) is 18.1. The Morgan fingerprint density at radius 3 is 2.48 bits per heavy atom. The van der Waals surface area contributed by atoms with E-state index in [0.29, 0.717) is 17.2 Å². The summed E-state index contributed by atoms with van der Waals surface area (Å²) in [6.45, 7) is 3.82. The number of piperidine rings is 2. The highest BCUT2D eigenvalue weighted by atomic mass is 35.5. The summed E-state index contributed by atoms with van der Waals surface area (Å²) in [5, 5.41) is 1.40. The van der Waals surface area contributed by atoms with Crippen molar-refractivity contribution in [3.63, 3.8) is 0 Å². The molecule has 1 amide bonds. The lowest BCUT2D eigenvalue weighted by Gasteiger charge is -2.39. The zero-order valence-electron chi connectivity index (χ0n) is 16.4. The Kier molecular flexibility index (Phi) is 7.00. The second-order valence-electron chi connectivity index (χ2n) is 7.63. The molecule has 0 unspecified atom stereocenters. The summed E-state index contributed by atoms with van der Waals surface area (Å²) >= 11 is 0. The summed E-state index contributed by atoms with van der Waals surface area (Å²) in [5.74, 6) is 2.42. The van der Waals surface area contributed by atoms with Crippen LogP contribution in [0.4, 0.5) is 9.18 Å². The molecule has 0 spiro atoms. The lowest BCUT2D eigenvalue weighted by Crippen LogP contribution is -2.48. The average molecular weight is 417 g/mol. The maximum absolute atomic E-state index is 13.8. The molecule has 4 rings (SSSR count). The zero-order valence-corrected chi connectivity index (χ0v) is 17.2. The van der Waals surface area contributed by atoms with Gasteiger partial charge in [0.2, 0.25) is 0 Å². The van der Waals surface area contributed by atoms with Gasteiger partial charge in [-0.2, -0.15) is 0 Å². The van der Waals surface area contributed by atoms with Crippen LogP contribution in [0.25, 0.3) is 10.8 Å². The van der Waals surface area contributed by atoms with Crippen molar-refractivity contribution in [1.29, 1.82) is 0 Å². The molecule has 2 heterocycles. The van der Waals surface area contributed by atoms with Crippen molar-refractivity contribution in [2.45, 2.75) is 38.1 Å². The van der Waals surface area contributed by atoms with Crippen LogP contribution in [0.3, 0.4) is 0 Å². The van der Waals surface area contributed by atoms with E-state index in [1.807, 2.05) is 0 Å². The number of hydrogen-bond acceptors (Lipinski definition) is 3. The molecule has 0 atom stereocenters. The topological polar surface area (TPSA) is 32.8 Å². The Labute approximate surface area is 177 Å². The number of ether oxygens (including phenoxy) is 1. The van der Waals surface area contributed by atoms with E-state index in [-0.39, 0.29) is 24.1 Å². The molecule has 154 valence electrons. The number of carbonyl (C=O) groups excluding carboxylic acids is 1. The summed E-state index contributed by atoms with van der Waals surface area (Å²) in [6, 6.07) is 8.68. The number of carbonyl (C=O) groups is 1. The number of benzene rings is 2. The molecule has 0 aliphatic carbocycles. The third kappa shape index (κ3) is 4.66. The minimum atomic E-state index is -0.420. The van der Waals surface area contributed by atoms with Crippen molar-refractivity contribution in [2.75, 3.05) is 26.2 Å². The van der Waals surface area contributed by atoms with Gasteiger partial charge >= 0.3 is 6.09 Å². The number of hydrogen-bond donors (Lipinski definition) is 0. The highest BCUT2D eigenvalue weighted by molar-refractivity contribution is 5.90. The van der Waals surface area contributed by atoms with Crippen molar-refractivity contribution in [2.24, 2.45) is 0 Å². The van der Waals surface area contributed by atoms with Crippen LogP contribution in [0.5, 0.6) is 5.75 Å². The zero-order chi connectivity index (χ0) is 19.5. The summed E-state index contributed by atoms with van der Waals surface area (Å²) in [7, 11) is 0. The first-order valence-electron chi connectivity index (χ1n) is 10.1. The largest absolute Gasteiger partial charge is 0.415 e. The van der Waals surface area contributed by atoms with Crippen LogP contribution in [0.15, 0.2) is 30.3 Å². The maximum atomic E-state index is 13.8. The standard InChI is InChI=1S/C23H25FN2O2.ClH/c1-2-20-21-8-7-19(16-17(21)6-9-22(20)24)28-23(27)26-14-10-18(11-15-26)25-12-4-3-5-13-25;/h1,6-9,16,18H,3-5,10-15H2;1H. The van der Waals surface area contributed by atoms with Gasteiger partial charge in [0.05, 0.1) is 5.56 Å². The van der Waals surface area contributed by atoms with Crippen LogP contribution in [0.1, 0.15) is 37.7 Å². The second kappa shape index (κ2) is 9.47. The van der Waals surface area contributed by atoms with Gasteiger partial charge in [0, 0.05) is 24.5 Å². The first kappa shape index (κ1) is 21.4. The first-order chi connectivity index (χ1) is 13.7. The summed E-state index contributed by atoms with van der Waals surface area (Å²) in [5.41, 5.74) is 0.232. The van der Waals surface area contributed by atoms with Crippen LogP contribution in [-0.4, -0.2) is 48.1 Å². The van der Waals surface area contributed by atoms with E-state index in [1.165, 1.54) is 38.4 Å².